The summed E-state index contributed by atoms with van der Waals surface area (Å²) in [4.78, 5) is 19.4. The van der Waals surface area contributed by atoms with E-state index in [2.05, 4.69) is 46.8 Å². The standard InChI is InChI=1S/C18H28N4OS.HI/c1-2-19-18(20-11-7-14-22-13-6-10-17(22)23)21-12-15-24-16-8-4-3-5-9-16;/h3-5,8-9H,2,6-7,10-15H2,1H3,(H2,19,20,21);1H. The van der Waals surface area contributed by atoms with Gasteiger partial charge in [0.1, 0.15) is 0 Å². The number of halogens is 1. The van der Waals surface area contributed by atoms with Crippen molar-refractivity contribution in [2.45, 2.75) is 31.1 Å². The molecule has 1 heterocycles. The molecule has 1 amide bonds. The summed E-state index contributed by atoms with van der Waals surface area (Å²) in [6.07, 6.45) is 2.64. The molecular weight excluding hydrogens is 447 g/mol. The van der Waals surface area contributed by atoms with E-state index in [0.29, 0.717) is 12.3 Å². The molecule has 7 heteroatoms. The highest BCUT2D eigenvalue weighted by atomic mass is 127. The van der Waals surface area contributed by atoms with Gasteiger partial charge in [-0.2, -0.15) is 0 Å². The number of aliphatic imine (C=N–C) groups is 1. The largest absolute Gasteiger partial charge is 0.357 e. The second kappa shape index (κ2) is 13.3. The molecule has 1 aromatic rings. The minimum absolute atomic E-state index is 0. The van der Waals surface area contributed by atoms with Gasteiger partial charge in [0.05, 0.1) is 0 Å². The molecule has 140 valence electrons. The van der Waals surface area contributed by atoms with Crippen LogP contribution in [0.2, 0.25) is 0 Å². The second-order valence-corrected chi connectivity index (χ2v) is 6.86. The van der Waals surface area contributed by atoms with Gasteiger partial charge in [-0.05, 0) is 31.9 Å². The summed E-state index contributed by atoms with van der Waals surface area (Å²) in [5, 5.41) is 6.63. The summed E-state index contributed by atoms with van der Waals surface area (Å²) < 4.78 is 0. The highest BCUT2D eigenvalue weighted by Crippen LogP contribution is 2.15. The number of rotatable bonds is 9. The number of benzene rings is 1. The van der Waals surface area contributed by atoms with E-state index in [-0.39, 0.29) is 24.0 Å². The van der Waals surface area contributed by atoms with Crippen LogP contribution >= 0.6 is 35.7 Å². The molecular formula is C18H29IN4OS. The lowest BCUT2D eigenvalue weighted by Gasteiger charge is -2.15. The third-order valence-corrected chi connectivity index (χ3v) is 4.79. The first-order valence-electron chi connectivity index (χ1n) is 8.77. The normalized spacial score (nSPS) is 14.4. The predicted octanol–water partition coefficient (Wildman–Crippen LogP) is 2.96. The van der Waals surface area contributed by atoms with Crippen LogP contribution in [-0.2, 0) is 4.79 Å². The molecule has 5 nitrogen and oxygen atoms in total. The van der Waals surface area contributed by atoms with Gasteiger partial charge >= 0.3 is 0 Å². The number of guanidine groups is 1. The van der Waals surface area contributed by atoms with E-state index >= 15 is 0 Å². The summed E-state index contributed by atoms with van der Waals surface area (Å²) >= 11 is 1.84. The first-order chi connectivity index (χ1) is 11.8. The predicted molar refractivity (Wildman–Crippen MR) is 117 cm³/mol. The quantitative estimate of drug-likeness (QED) is 0.189. The molecule has 1 saturated heterocycles. The van der Waals surface area contributed by atoms with Gasteiger partial charge in [0.15, 0.2) is 5.96 Å². The smallest absolute Gasteiger partial charge is 0.222 e. The van der Waals surface area contributed by atoms with Gasteiger partial charge in [-0.25, -0.2) is 0 Å². The fourth-order valence-corrected chi connectivity index (χ4v) is 3.38. The molecule has 1 aromatic carbocycles. The fourth-order valence-electron chi connectivity index (χ4n) is 2.59. The van der Waals surface area contributed by atoms with Crippen LogP contribution in [0, 0.1) is 0 Å². The average molecular weight is 476 g/mol. The minimum atomic E-state index is 0. The Morgan fingerprint density at radius 2 is 2.08 bits per heavy atom. The zero-order valence-corrected chi connectivity index (χ0v) is 18.0. The molecule has 2 rings (SSSR count). The highest BCUT2D eigenvalue weighted by Gasteiger charge is 2.18. The molecule has 1 aliphatic rings. The molecule has 0 spiro atoms. The fraction of sp³-hybridized carbons (Fsp3) is 0.556. The molecule has 0 radical (unpaired) electrons. The van der Waals surface area contributed by atoms with E-state index in [1.807, 2.05) is 22.7 Å². The van der Waals surface area contributed by atoms with Crippen LogP contribution in [0.1, 0.15) is 26.2 Å². The SMILES string of the molecule is CCNC(=NCCCN1CCCC1=O)NCCSc1ccccc1.I. The maximum absolute atomic E-state index is 11.6. The van der Waals surface area contributed by atoms with Crippen molar-refractivity contribution in [3.63, 3.8) is 0 Å². The second-order valence-electron chi connectivity index (χ2n) is 5.69. The third kappa shape index (κ3) is 8.80. The molecule has 0 saturated carbocycles. The highest BCUT2D eigenvalue weighted by molar-refractivity contribution is 14.0. The maximum Gasteiger partial charge on any atom is 0.222 e. The Balaban J connectivity index is 0.00000312. The lowest BCUT2D eigenvalue weighted by Crippen LogP contribution is -2.38. The number of hydrogen-bond acceptors (Lipinski definition) is 3. The number of thioether (sulfide) groups is 1. The Hall–Kier alpha value is -0.960. The van der Waals surface area contributed by atoms with Crippen LogP contribution in [0.15, 0.2) is 40.2 Å². The summed E-state index contributed by atoms with van der Waals surface area (Å²) in [5.74, 6) is 2.15. The molecule has 1 fully saturated rings. The van der Waals surface area contributed by atoms with Crippen molar-refractivity contribution in [2.24, 2.45) is 4.99 Å². The van der Waals surface area contributed by atoms with Crippen LogP contribution in [0.4, 0.5) is 0 Å². The Labute approximate surface area is 172 Å². The number of amides is 1. The van der Waals surface area contributed by atoms with Gasteiger partial charge in [-0.15, -0.1) is 35.7 Å². The number of nitrogens with zero attached hydrogens (tertiary/aromatic N) is 2. The first-order valence-corrected chi connectivity index (χ1v) is 9.76. The zero-order valence-electron chi connectivity index (χ0n) is 14.9. The number of hydrogen-bond donors (Lipinski definition) is 2. The summed E-state index contributed by atoms with van der Waals surface area (Å²) in [7, 11) is 0. The molecule has 0 atom stereocenters. The van der Waals surface area contributed by atoms with Gasteiger partial charge < -0.3 is 15.5 Å². The van der Waals surface area contributed by atoms with E-state index in [9.17, 15) is 4.79 Å². The van der Waals surface area contributed by atoms with E-state index in [0.717, 1.165) is 57.3 Å². The van der Waals surface area contributed by atoms with Crippen molar-refractivity contribution in [1.29, 1.82) is 0 Å². The van der Waals surface area contributed by atoms with E-state index in [1.165, 1.54) is 4.90 Å². The van der Waals surface area contributed by atoms with Crippen molar-refractivity contribution in [3.05, 3.63) is 30.3 Å². The number of nitrogens with one attached hydrogen (secondary N) is 2. The molecule has 1 aliphatic heterocycles. The van der Waals surface area contributed by atoms with Crippen molar-refractivity contribution >= 4 is 47.6 Å². The molecule has 0 aliphatic carbocycles. The van der Waals surface area contributed by atoms with Crippen molar-refractivity contribution < 1.29 is 4.79 Å². The Kier molecular flexibility index (Phi) is 11.7. The van der Waals surface area contributed by atoms with Crippen molar-refractivity contribution in [2.75, 3.05) is 38.5 Å². The van der Waals surface area contributed by atoms with Crippen LogP contribution < -0.4 is 10.6 Å². The minimum Gasteiger partial charge on any atom is -0.357 e. The van der Waals surface area contributed by atoms with Crippen LogP contribution in [0.3, 0.4) is 0 Å². The monoisotopic (exact) mass is 476 g/mol. The van der Waals surface area contributed by atoms with Crippen LogP contribution in [0.25, 0.3) is 0 Å². The van der Waals surface area contributed by atoms with E-state index < -0.39 is 0 Å². The lowest BCUT2D eigenvalue weighted by atomic mass is 10.4. The van der Waals surface area contributed by atoms with Gasteiger partial charge in [-0.1, -0.05) is 18.2 Å². The number of carbonyl (C=O) groups is 1. The van der Waals surface area contributed by atoms with Crippen LogP contribution in [-0.4, -0.2) is 55.2 Å². The van der Waals surface area contributed by atoms with Crippen LogP contribution in [0.5, 0.6) is 0 Å². The molecule has 0 bridgehead atoms. The van der Waals surface area contributed by atoms with E-state index in [1.54, 1.807) is 0 Å². The van der Waals surface area contributed by atoms with Crippen molar-refractivity contribution in [1.82, 2.24) is 15.5 Å². The van der Waals surface area contributed by atoms with E-state index in [4.69, 9.17) is 0 Å². The Morgan fingerprint density at radius 3 is 2.76 bits per heavy atom. The maximum atomic E-state index is 11.6. The summed E-state index contributed by atoms with van der Waals surface area (Å²) in [6, 6.07) is 10.4. The van der Waals surface area contributed by atoms with Gasteiger partial charge in [0.25, 0.3) is 0 Å². The molecule has 2 N–H and O–H groups in total. The van der Waals surface area contributed by atoms with Gasteiger partial charge in [-0.3, -0.25) is 9.79 Å². The average Bonchev–Trinajstić information content (AvgIpc) is 3.01. The van der Waals surface area contributed by atoms with Gasteiger partial charge in [0, 0.05) is 49.8 Å². The Morgan fingerprint density at radius 1 is 1.28 bits per heavy atom. The summed E-state index contributed by atoms with van der Waals surface area (Å²) in [5.41, 5.74) is 0. The Bertz CT molecular complexity index is 527. The lowest BCUT2D eigenvalue weighted by molar-refractivity contribution is -0.127. The molecule has 0 aromatic heterocycles. The first kappa shape index (κ1) is 22.1. The number of carbonyl (C=O) groups excluding carboxylic acids is 1. The molecule has 25 heavy (non-hydrogen) atoms. The molecule has 0 unspecified atom stereocenters. The third-order valence-electron chi connectivity index (χ3n) is 3.78. The number of likely N-dealkylation sites (tertiary alicyclic amines) is 1. The van der Waals surface area contributed by atoms with Crippen molar-refractivity contribution in [3.8, 4) is 0 Å². The summed E-state index contributed by atoms with van der Waals surface area (Å²) in [6.45, 7) is 6.27. The topological polar surface area (TPSA) is 56.7 Å². The zero-order chi connectivity index (χ0) is 17.0. The van der Waals surface area contributed by atoms with Gasteiger partial charge in [0.2, 0.25) is 5.91 Å².